The summed E-state index contributed by atoms with van der Waals surface area (Å²) in [4.78, 5) is 38.8. The second kappa shape index (κ2) is 9.89. The molecule has 1 saturated heterocycles. The SMILES string of the molecule is O=C(Nc1ccc(CN2CCC(=O)C(=C3SC=CS3)C2=O)cc1)OCc1ccccc1. The van der Waals surface area contributed by atoms with Crippen molar-refractivity contribution in [3.63, 3.8) is 0 Å². The lowest BCUT2D eigenvalue weighted by Gasteiger charge is -2.28. The van der Waals surface area contributed by atoms with E-state index in [2.05, 4.69) is 5.32 Å². The van der Waals surface area contributed by atoms with Crippen LogP contribution in [-0.2, 0) is 27.5 Å². The van der Waals surface area contributed by atoms with Crippen LogP contribution in [0.2, 0.25) is 0 Å². The molecule has 0 aliphatic carbocycles. The van der Waals surface area contributed by atoms with Crippen LogP contribution in [0.25, 0.3) is 0 Å². The van der Waals surface area contributed by atoms with Gasteiger partial charge in [0.15, 0.2) is 5.78 Å². The van der Waals surface area contributed by atoms with Gasteiger partial charge in [-0.25, -0.2) is 4.79 Å². The Bertz CT molecular complexity index is 1040. The van der Waals surface area contributed by atoms with Crippen LogP contribution in [0.15, 0.2) is 75.2 Å². The third kappa shape index (κ3) is 5.39. The van der Waals surface area contributed by atoms with Gasteiger partial charge >= 0.3 is 6.09 Å². The zero-order valence-corrected chi connectivity index (χ0v) is 18.2. The summed E-state index contributed by atoms with van der Waals surface area (Å²) < 4.78 is 5.98. The molecule has 0 radical (unpaired) electrons. The number of ether oxygens (including phenoxy) is 1. The molecule has 2 aliphatic rings. The first-order chi connectivity index (χ1) is 15.1. The fraction of sp³-hybridized carbons (Fsp3) is 0.174. The normalized spacial score (nSPS) is 16.1. The average Bonchev–Trinajstić information content (AvgIpc) is 3.31. The molecule has 158 valence electrons. The maximum atomic E-state index is 12.8. The van der Waals surface area contributed by atoms with Gasteiger partial charge in [0.05, 0.1) is 4.24 Å². The van der Waals surface area contributed by atoms with Gasteiger partial charge in [-0.2, -0.15) is 0 Å². The summed E-state index contributed by atoms with van der Waals surface area (Å²) in [6, 6.07) is 16.7. The quantitative estimate of drug-likeness (QED) is 0.514. The van der Waals surface area contributed by atoms with E-state index in [-0.39, 0.29) is 18.3 Å². The molecule has 0 spiro atoms. The van der Waals surface area contributed by atoms with Crippen LogP contribution in [0.4, 0.5) is 10.5 Å². The second-order valence-electron chi connectivity index (χ2n) is 6.95. The van der Waals surface area contributed by atoms with Crippen LogP contribution in [0.1, 0.15) is 17.5 Å². The van der Waals surface area contributed by atoms with Crippen molar-refractivity contribution in [2.75, 3.05) is 11.9 Å². The number of hydrogen-bond acceptors (Lipinski definition) is 6. The molecule has 0 bridgehead atoms. The molecule has 8 heteroatoms. The third-order valence-corrected chi connectivity index (χ3v) is 6.92. The van der Waals surface area contributed by atoms with Gasteiger partial charge in [-0.05, 0) is 34.1 Å². The van der Waals surface area contributed by atoms with E-state index in [0.29, 0.717) is 30.8 Å². The van der Waals surface area contributed by atoms with Crippen LogP contribution in [0, 0.1) is 0 Å². The number of hydrogen-bond donors (Lipinski definition) is 1. The number of Topliss-reactive ketones (excluding diaryl/α,β-unsaturated/α-hetero) is 1. The van der Waals surface area contributed by atoms with Gasteiger partial charge in [0.2, 0.25) is 0 Å². The largest absolute Gasteiger partial charge is 0.444 e. The molecule has 4 rings (SSSR count). The first-order valence-electron chi connectivity index (χ1n) is 9.72. The molecule has 6 nitrogen and oxygen atoms in total. The van der Waals surface area contributed by atoms with Crippen molar-refractivity contribution in [2.45, 2.75) is 19.6 Å². The number of carbonyl (C=O) groups is 3. The van der Waals surface area contributed by atoms with E-state index < -0.39 is 6.09 Å². The summed E-state index contributed by atoms with van der Waals surface area (Å²) >= 11 is 2.83. The van der Waals surface area contributed by atoms with Crippen molar-refractivity contribution in [3.05, 3.63) is 86.4 Å². The minimum absolute atomic E-state index is 0.0893. The molecule has 0 unspecified atom stereocenters. The highest BCUT2D eigenvalue weighted by Crippen LogP contribution is 2.41. The number of anilines is 1. The van der Waals surface area contributed by atoms with E-state index in [4.69, 9.17) is 4.74 Å². The van der Waals surface area contributed by atoms with Gasteiger partial charge in [0.1, 0.15) is 12.2 Å². The van der Waals surface area contributed by atoms with Gasteiger partial charge in [-0.1, -0.05) is 66.0 Å². The Morgan fingerprint density at radius 3 is 2.39 bits per heavy atom. The van der Waals surface area contributed by atoms with Crippen molar-refractivity contribution in [2.24, 2.45) is 0 Å². The number of piperidine rings is 1. The molecule has 0 aromatic heterocycles. The average molecular weight is 453 g/mol. The Hall–Kier alpha value is -2.97. The molecule has 2 heterocycles. The van der Waals surface area contributed by atoms with Gasteiger partial charge in [-0.15, -0.1) is 0 Å². The summed E-state index contributed by atoms with van der Waals surface area (Å²) in [5.74, 6) is -0.310. The van der Waals surface area contributed by atoms with Gasteiger partial charge in [-0.3, -0.25) is 14.9 Å². The van der Waals surface area contributed by atoms with E-state index in [0.717, 1.165) is 15.4 Å². The fourth-order valence-electron chi connectivity index (χ4n) is 3.21. The van der Waals surface area contributed by atoms with Crippen LogP contribution < -0.4 is 5.32 Å². The molecule has 0 atom stereocenters. The van der Waals surface area contributed by atoms with E-state index in [1.54, 1.807) is 17.0 Å². The lowest BCUT2D eigenvalue weighted by atomic mass is 10.0. The minimum Gasteiger partial charge on any atom is -0.444 e. The van der Waals surface area contributed by atoms with E-state index in [9.17, 15) is 14.4 Å². The predicted octanol–water partition coefficient (Wildman–Crippen LogP) is 4.90. The summed E-state index contributed by atoms with van der Waals surface area (Å²) in [6.07, 6.45) is -0.198. The van der Waals surface area contributed by atoms with Gasteiger partial charge in [0.25, 0.3) is 5.91 Å². The summed E-state index contributed by atoms with van der Waals surface area (Å²) in [5, 5.41) is 6.45. The summed E-state index contributed by atoms with van der Waals surface area (Å²) in [7, 11) is 0. The molecule has 31 heavy (non-hydrogen) atoms. The topological polar surface area (TPSA) is 75.7 Å². The van der Waals surface area contributed by atoms with Crippen molar-refractivity contribution in [3.8, 4) is 0 Å². The van der Waals surface area contributed by atoms with Crippen molar-refractivity contribution < 1.29 is 19.1 Å². The first kappa shape index (κ1) is 21.3. The zero-order chi connectivity index (χ0) is 21.6. The number of likely N-dealkylation sites (tertiary alicyclic amines) is 1. The number of nitrogens with one attached hydrogen (secondary N) is 1. The fourth-order valence-corrected chi connectivity index (χ4v) is 5.09. The second-order valence-corrected chi connectivity index (χ2v) is 9.04. The van der Waals surface area contributed by atoms with Crippen LogP contribution in [0.5, 0.6) is 0 Å². The van der Waals surface area contributed by atoms with Crippen molar-refractivity contribution >= 4 is 47.0 Å². The smallest absolute Gasteiger partial charge is 0.411 e. The lowest BCUT2D eigenvalue weighted by molar-refractivity contribution is -0.133. The number of carbonyl (C=O) groups excluding carboxylic acids is 3. The number of rotatable bonds is 5. The van der Waals surface area contributed by atoms with Gasteiger partial charge in [0, 0.05) is 25.2 Å². The molecular weight excluding hydrogens is 432 g/mol. The maximum absolute atomic E-state index is 12.8. The van der Waals surface area contributed by atoms with E-state index >= 15 is 0 Å². The molecule has 2 amide bonds. The number of nitrogens with zero attached hydrogens (tertiary/aromatic N) is 1. The predicted molar refractivity (Wildman–Crippen MR) is 123 cm³/mol. The highest BCUT2D eigenvalue weighted by atomic mass is 32.2. The summed E-state index contributed by atoms with van der Waals surface area (Å²) in [5.41, 5.74) is 2.73. The zero-order valence-electron chi connectivity index (χ0n) is 16.6. The summed E-state index contributed by atoms with van der Waals surface area (Å²) in [6.45, 7) is 1.01. The third-order valence-electron chi connectivity index (χ3n) is 4.79. The number of thioether (sulfide) groups is 2. The molecular formula is C23H20N2O4S2. The molecule has 1 fully saturated rings. The number of benzene rings is 2. The highest BCUT2D eigenvalue weighted by Gasteiger charge is 2.33. The first-order valence-corrected chi connectivity index (χ1v) is 11.5. The van der Waals surface area contributed by atoms with Crippen molar-refractivity contribution in [1.29, 1.82) is 0 Å². The van der Waals surface area contributed by atoms with E-state index in [1.807, 2.05) is 53.3 Å². The van der Waals surface area contributed by atoms with Crippen LogP contribution in [0.3, 0.4) is 0 Å². The molecule has 1 N–H and O–H groups in total. The number of ketones is 1. The lowest BCUT2D eigenvalue weighted by Crippen LogP contribution is -2.40. The van der Waals surface area contributed by atoms with Crippen LogP contribution in [-0.4, -0.2) is 29.2 Å². The number of amides is 2. The van der Waals surface area contributed by atoms with Crippen molar-refractivity contribution in [1.82, 2.24) is 4.90 Å². The molecule has 0 saturated carbocycles. The monoisotopic (exact) mass is 452 g/mol. The Labute approximate surface area is 188 Å². The Balaban J connectivity index is 1.33. The Morgan fingerprint density at radius 1 is 0.968 bits per heavy atom. The van der Waals surface area contributed by atoms with Gasteiger partial charge < -0.3 is 9.64 Å². The molecule has 2 aromatic rings. The minimum atomic E-state index is -0.530. The van der Waals surface area contributed by atoms with E-state index in [1.165, 1.54) is 23.5 Å². The Kier molecular flexibility index (Phi) is 6.79. The molecule has 2 aliphatic heterocycles. The van der Waals surface area contributed by atoms with Crippen LogP contribution >= 0.6 is 23.5 Å². The maximum Gasteiger partial charge on any atom is 0.411 e. The molecule has 2 aromatic carbocycles. The standard InChI is InChI=1S/C23H20N2O4S2/c26-19-10-11-25(21(27)20(19)22-30-12-13-31-22)14-16-6-8-18(9-7-16)24-23(28)29-15-17-4-2-1-3-5-17/h1-9,12-13H,10-11,14-15H2,(H,24,28). The highest BCUT2D eigenvalue weighted by molar-refractivity contribution is 8.27. The Morgan fingerprint density at radius 2 is 1.68 bits per heavy atom.